The van der Waals surface area contributed by atoms with Gasteiger partial charge in [-0.3, -0.25) is 13.9 Å². The van der Waals surface area contributed by atoms with Crippen LogP contribution in [0.3, 0.4) is 0 Å². The van der Waals surface area contributed by atoms with E-state index in [-0.39, 0.29) is 17.8 Å². The Labute approximate surface area is 160 Å². The van der Waals surface area contributed by atoms with Crippen molar-refractivity contribution in [3.63, 3.8) is 0 Å². The number of hydrogen-bond acceptors (Lipinski definition) is 3. The standard InChI is InChI=1S/C21H16ClN3O2/c22-17-10-8-16(9-11-17)13-24-19-18(7-4-12-23-19)20(26)25(21(24)27)14-15-5-2-1-3-6-15/h1-12H,13-14H2. The molecule has 0 saturated heterocycles. The summed E-state index contributed by atoms with van der Waals surface area (Å²) in [6, 6.07) is 20.1. The summed E-state index contributed by atoms with van der Waals surface area (Å²) < 4.78 is 2.79. The Bertz CT molecular complexity index is 1210. The second-order valence-corrected chi connectivity index (χ2v) is 6.68. The molecule has 0 fully saturated rings. The summed E-state index contributed by atoms with van der Waals surface area (Å²) in [6.07, 6.45) is 1.58. The molecule has 4 aromatic rings. The first kappa shape index (κ1) is 17.2. The number of aromatic nitrogens is 3. The van der Waals surface area contributed by atoms with Gasteiger partial charge in [0.15, 0.2) is 0 Å². The van der Waals surface area contributed by atoms with E-state index in [9.17, 15) is 9.59 Å². The highest BCUT2D eigenvalue weighted by Gasteiger charge is 2.14. The van der Waals surface area contributed by atoms with Gasteiger partial charge >= 0.3 is 5.69 Å². The molecule has 0 aliphatic heterocycles. The molecule has 0 spiro atoms. The van der Waals surface area contributed by atoms with E-state index in [4.69, 9.17) is 11.6 Å². The Morgan fingerprint density at radius 1 is 0.778 bits per heavy atom. The van der Waals surface area contributed by atoms with Gasteiger partial charge in [-0.15, -0.1) is 0 Å². The van der Waals surface area contributed by atoms with Crippen LogP contribution in [0.1, 0.15) is 11.1 Å². The molecule has 134 valence electrons. The number of nitrogens with zero attached hydrogens (tertiary/aromatic N) is 3. The van der Waals surface area contributed by atoms with Crippen molar-refractivity contribution in [1.29, 1.82) is 0 Å². The quantitative estimate of drug-likeness (QED) is 0.548. The summed E-state index contributed by atoms with van der Waals surface area (Å²) in [5.74, 6) is 0. The molecule has 0 amide bonds. The molecule has 0 unspecified atom stereocenters. The van der Waals surface area contributed by atoms with Crippen molar-refractivity contribution in [3.8, 4) is 0 Å². The number of pyridine rings is 1. The van der Waals surface area contributed by atoms with E-state index < -0.39 is 0 Å². The molecule has 2 aromatic heterocycles. The molecule has 2 aromatic carbocycles. The zero-order chi connectivity index (χ0) is 18.8. The van der Waals surface area contributed by atoms with Gasteiger partial charge < -0.3 is 0 Å². The van der Waals surface area contributed by atoms with Crippen molar-refractivity contribution in [2.45, 2.75) is 13.1 Å². The molecular weight excluding hydrogens is 362 g/mol. The second kappa shape index (κ2) is 7.21. The molecule has 6 heteroatoms. The Balaban J connectivity index is 1.90. The van der Waals surface area contributed by atoms with Crippen LogP contribution in [-0.4, -0.2) is 14.1 Å². The van der Waals surface area contributed by atoms with E-state index in [0.29, 0.717) is 22.6 Å². The highest BCUT2D eigenvalue weighted by molar-refractivity contribution is 6.30. The molecule has 4 rings (SSSR count). The minimum atomic E-state index is -0.384. The lowest BCUT2D eigenvalue weighted by Crippen LogP contribution is -2.40. The minimum Gasteiger partial charge on any atom is -0.273 e. The maximum Gasteiger partial charge on any atom is 0.333 e. The third-order valence-corrected chi connectivity index (χ3v) is 4.67. The average molecular weight is 378 g/mol. The monoisotopic (exact) mass is 377 g/mol. The van der Waals surface area contributed by atoms with Crippen LogP contribution in [0.5, 0.6) is 0 Å². The number of hydrogen-bond donors (Lipinski definition) is 0. The SMILES string of the molecule is O=c1c2cccnc2n(Cc2ccc(Cl)cc2)c(=O)n1Cc1ccccc1. The van der Waals surface area contributed by atoms with Gasteiger partial charge in [0.2, 0.25) is 0 Å². The Morgan fingerprint density at radius 3 is 2.19 bits per heavy atom. The Kier molecular flexibility index (Phi) is 4.60. The van der Waals surface area contributed by atoms with Gasteiger partial charge in [-0.1, -0.05) is 54.1 Å². The first-order chi connectivity index (χ1) is 13.1. The minimum absolute atomic E-state index is 0.212. The molecule has 27 heavy (non-hydrogen) atoms. The third kappa shape index (κ3) is 3.41. The van der Waals surface area contributed by atoms with Gasteiger partial charge in [0, 0.05) is 11.2 Å². The Hall–Kier alpha value is -3.18. The highest BCUT2D eigenvalue weighted by atomic mass is 35.5. The summed E-state index contributed by atoms with van der Waals surface area (Å²) in [7, 11) is 0. The maximum atomic E-state index is 13.1. The van der Waals surface area contributed by atoms with Crippen LogP contribution in [0, 0.1) is 0 Å². The topological polar surface area (TPSA) is 56.9 Å². The number of benzene rings is 2. The van der Waals surface area contributed by atoms with Crippen LogP contribution in [0.15, 0.2) is 82.5 Å². The fraction of sp³-hybridized carbons (Fsp3) is 0.0952. The molecule has 0 atom stereocenters. The summed E-state index contributed by atoms with van der Waals surface area (Å²) in [5.41, 5.74) is 1.45. The Morgan fingerprint density at radius 2 is 1.44 bits per heavy atom. The van der Waals surface area contributed by atoms with Crippen molar-refractivity contribution >= 4 is 22.6 Å². The second-order valence-electron chi connectivity index (χ2n) is 6.25. The molecule has 2 heterocycles. The predicted molar refractivity (Wildman–Crippen MR) is 106 cm³/mol. The zero-order valence-electron chi connectivity index (χ0n) is 14.4. The lowest BCUT2D eigenvalue weighted by molar-refractivity contribution is 0.630. The molecule has 0 radical (unpaired) electrons. The molecule has 0 saturated carbocycles. The van der Waals surface area contributed by atoms with Crippen LogP contribution in [0.2, 0.25) is 5.02 Å². The van der Waals surface area contributed by atoms with Crippen LogP contribution >= 0.6 is 11.6 Å². The van der Waals surface area contributed by atoms with Crippen LogP contribution in [0.25, 0.3) is 11.0 Å². The van der Waals surface area contributed by atoms with Gasteiger partial charge in [-0.2, -0.15) is 0 Å². The van der Waals surface area contributed by atoms with Gasteiger partial charge in [0.05, 0.1) is 18.5 Å². The summed E-state index contributed by atoms with van der Waals surface area (Å²) in [5, 5.41) is 1.05. The molecule has 0 bridgehead atoms. The zero-order valence-corrected chi connectivity index (χ0v) is 15.1. The number of rotatable bonds is 4. The predicted octanol–water partition coefficient (Wildman–Crippen LogP) is 3.31. The summed E-state index contributed by atoms with van der Waals surface area (Å²) in [4.78, 5) is 30.3. The molecule has 0 N–H and O–H groups in total. The van der Waals surface area contributed by atoms with Gasteiger partial charge in [-0.05, 0) is 35.4 Å². The number of fused-ring (bicyclic) bond motifs is 1. The van der Waals surface area contributed by atoms with Crippen molar-refractivity contribution < 1.29 is 0 Å². The van der Waals surface area contributed by atoms with Crippen molar-refractivity contribution in [3.05, 3.63) is 110 Å². The summed E-state index contributed by atoms with van der Waals surface area (Å²) >= 11 is 5.95. The third-order valence-electron chi connectivity index (χ3n) is 4.42. The molecular formula is C21H16ClN3O2. The van der Waals surface area contributed by atoms with Crippen LogP contribution < -0.4 is 11.2 Å². The van der Waals surface area contributed by atoms with E-state index in [2.05, 4.69) is 4.98 Å². The summed E-state index contributed by atoms with van der Waals surface area (Å²) in [6.45, 7) is 0.516. The largest absolute Gasteiger partial charge is 0.333 e. The van der Waals surface area contributed by atoms with E-state index in [1.807, 2.05) is 42.5 Å². The van der Waals surface area contributed by atoms with Gasteiger partial charge in [0.25, 0.3) is 5.56 Å². The lowest BCUT2D eigenvalue weighted by Gasteiger charge is -2.13. The van der Waals surface area contributed by atoms with Crippen LogP contribution in [-0.2, 0) is 13.1 Å². The van der Waals surface area contributed by atoms with Crippen molar-refractivity contribution in [2.75, 3.05) is 0 Å². The van der Waals surface area contributed by atoms with E-state index in [1.54, 1.807) is 30.5 Å². The van der Waals surface area contributed by atoms with Crippen molar-refractivity contribution in [1.82, 2.24) is 14.1 Å². The van der Waals surface area contributed by atoms with E-state index >= 15 is 0 Å². The smallest absolute Gasteiger partial charge is 0.273 e. The first-order valence-electron chi connectivity index (χ1n) is 8.50. The van der Waals surface area contributed by atoms with E-state index in [1.165, 1.54) is 9.13 Å². The van der Waals surface area contributed by atoms with E-state index in [0.717, 1.165) is 11.1 Å². The fourth-order valence-corrected chi connectivity index (χ4v) is 3.19. The molecule has 5 nitrogen and oxygen atoms in total. The highest BCUT2D eigenvalue weighted by Crippen LogP contribution is 2.12. The first-order valence-corrected chi connectivity index (χ1v) is 8.88. The normalized spacial score (nSPS) is 11.0. The fourth-order valence-electron chi connectivity index (χ4n) is 3.07. The van der Waals surface area contributed by atoms with Crippen LogP contribution in [0.4, 0.5) is 0 Å². The molecule has 0 aliphatic carbocycles. The van der Waals surface area contributed by atoms with Crippen molar-refractivity contribution in [2.24, 2.45) is 0 Å². The lowest BCUT2D eigenvalue weighted by atomic mass is 10.2. The average Bonchev–Trinajstić information content (AvgIpc) is 2.71. The van der Waals surface area contributed by atoms with Gasteiger partial charge in [0.1, 0.15) is 5.65 Å². The number of halogens is 1. The van der Waals surface area contributed by atoms with Gasteiger partial charge in [-0.25, -0.2) is 9.78 Å². The molecule has 0 aliphatic rings. The maximum absolute atomic E-state index is 13.1.